The smallest absolute Gasteiger partial charge is 0.266 e. The highest BCUT2D eigenvalue weighted by atomic mass is 32.2. The molecule has 0 atom stereocenters. The van der Waals surface area contributed by atoms with E-state index in [1.54, 1.807) is 18.2 Å². The van der Waals surface area contributed by atoms with Gasteiger partial charge in [-0.15, -0.1) is 0 Å². The molecular weight excluding hydrogens is 432 g/mol. The number of aromatic nitrogens is 1. The maximum Gasteiger partial charge on any atom is 0.266 e. The van der Waals surface area contributed by atoms with Gasteiger partial charge in [-0.05, 0) is 36.8 Å². The number of anilines is 1. The number of rotatable bonds is 6. The summed E-state index contributed by atoms with van der Waals surface area (Å²) < 4.78 is 49.1. The van der Waals surface area contributed by atoms with Crippen molar-refractivity contribution in [3.63, 3.8) is 0 Å². The van der Waals surface area contributed by atoms with Crippen LogP contribution in [0.1, 0.15) is 11.1 Å². The number of hydrogen-bond donors (Lipinski definition) is 1. The lowest BCUT2D eigenvalue weighted by Crippen LogP contribution is -2.16. The molecule has 0 spiro atoms. The van der Waals surface area contributed by atoms with Gasteiger partial charge in [0, 0.05) is 12.6 Å². The molecule has 5 rings (SSSR count). The van der Waals surface area contributed by atoms with E-state index in [1.165, 1.54) is 18.4 Å². The van der Waals surface area contributed by atoms with Crippen molar-refractivity contribution in [1.29, 1.82) is 0 Å². The number of oxazole rings is 1. The molecule has 0 saturated heterocycles. The number of nitrogens with one attached hydrogen (secondary N) is 1. The van der Waals surface area contributed by atoms with Crippen LogP contribution in [0.5, 0.6) is 11.5 Å². The van der Waals surface area contributed by atoms with Gasteiger partial charge in [-0.3, -0.25) is 0 Å². The van der Waals surface area contributed by atoms with Gasteiger partial charge in [0.15, 0.2) is 17.3 Å². The Morgan fingerprint density at radius 2 is 1.78 bits per heavy atom. The van der Waals surface area contributed by atoms with Crippen molar-refractivity contribution in [3.8, 4) is 23.1 Å². The standard InChI is InChI=1S/C23H20N2O6S/c1-15-4-6-16(7-5-15)14-24-22-23(25-21(31-22)19-3-2-10-28-19)32(26,27)17-8-9-18-20(13-17)30-12-11-29-18/h2-10,13,24H,11-12,14H2,1H3. The number of ether oxygens (including phenoxy) is 2. The van der Waals surface area contributed by atoms with Gasteiger partial charge in [0.05, 0.1) is 11.2 Å². The largest absolute Gasteiger partial charge is 0.486 e. The molecule has 1 aliphatic rings. The first-order valence-electron chi connectivity index (χ1n) is 9.99. The van der Waals surface area contributed by atoms with Crippen LogP contribution in [0.4, 0.5) is 5.88 Å². The van der Waals surface area contributed by atoms with Crippen molar-refractivity contribution in [3.05, 3.63) is 72.0 Å². The fourth-order valence-electron chi connectivity index (χ4n) is 3.30. The third-order valence-electron chi connectivity index (χ3n) is 4.98. The Morgan fingerprint density at radius 1 is 1.00 bits per heavy atom. The van der Waals surface area contributed by atoms with Gasteiger partial charge in [0.25, 0.3) is 5.89 Å². The Morgan fingerprint density at radius 3 is 2.53 bits per heavy atom. The zero-order valence-corrected chi connectivity index (χ0v) is 18.0. The van der Waals surface area contributed by atoms with Crippen molar-refractivity contribution in [1.82, 2.24) is 4.98 Å². The molecule has 0 amide bonds. The summed E-state index contributed by atoms with van der Waals surface area (Å²) in [4.78, 5) is 4.28. The average Bonchev–Trinajstić information content (AvgIpc) is 3.49. The molecule has 0 radical (unpaired) electrons. The molecule has 2 aromatic heterocycles. The molecule has 9 heteroatoms. The van der Waals surface area contributed by atoms with Gasteiger partial charge in [-0.1, -0.05) is 29.8 Å². The SMILES string of the molecule is Cc1ccc(CNc2oc(-c3ccco3)nc2S(=O)(=O)c2ccc3c(c2)OCCO3)cc1. The lowest BCUT2D eigenvalue weighted by molar-refractivity contribution is 0.171. The molecule has 4 aromatic rings. The lowest BCUT2D eigenvalue weighted by atomic mass is 10.1. The van der Waals surface area contributed by atoms with E-state index >= 15 is 0 Å². The Kier molecular flexibility index (Phi) is 5.10. The maximum atomic E-state index is 13.5. The molecule has 0 saturated carbocycles. The molecule has 0 aliphatic carbocycles. The summed E-state index contributed by atoms with van der Waals surface area (Å²) >= 11 is 0. The fourth-order valence-corrected chi connectivity index (χ4v) is 4.59. The first-order valence-corrected chi connectivity index (χ1v) is 11.5. The minimum absolute atomic E-state index is 0.0273. The third kappa shape index (κ3) is 3.82. The van der Waals surface area contributed by atoms with Crippen LogP contribution >= 0.6 is 0 Å². The third-order valence-corrected chi connectivity index (χ3v) is 6.64. The lowest BCUT2D eigenvalue weighted by Gasteiger charge is -2.18. The van der Waals surface area contributed by atoms with E-state index in [-0.39, 0.29) is 21.7 Å². The number of nitrogens with zero attached hydrogens (tertiary/aromatic N) is 1. The second kappa shape index (κ2) is 8.08. The zero-order valence-electron chi connectivity index (χ0n) is 17.2. The predicted octanol–water partition coefficient (Wildman–Crippen LogP) is 4.46. The van der Waals surface area contributed by atoms with Crippen LogP contribution in [-0.4, -0.2) is 26.6 Å². The first kappa shape index (κ1) is 20.2. The molecule has 1 aliphatic heterocycles. The number of furan rings is 1. The Hall–Kier alpha value is -3.72. The number of sulfone groups is 1. The highest BCUT2D eigenvalue weighted by molar-refractivity contribution is 7.91. The summed E-state index contributed by atoms with van der Waals surface area (Å²) in [6, 6.07) is 15.7. The highest BCUT2D eigenvalue weighted by Crippen LogP contribution is 2.37. The predicted molar refractivity (Wildman–Crippen MR) is 116 cm³/mol. The Labute approximate surface area is 184 Å². The van der Waals surface area contributed by atoms with Crippen LogP contribution in [0.3, 0.4) is 0 Å². The van der Waals surface area contributed by atoms with E-state index in [9.17, 15) is 8.42 Å². The summed E-state index contributed by atoms with van der Waals surface area (Å²) in [6.07, 6.45) is 1.47. The van der Waals surface area contributed by atoms with Gasteiger partial charge in [-0.25, -0.2) is 8.42 Å². The molecule has 32 heavy (non-hydrogen) atoms. The minimum Gasteiger partial charge on any atom is -0.486 e. The van der Waals surface area contributed by atoms with Crippen LogP contribution in [-0.2, 0) is 16.4 Å². The van der Waals surface area contributed by atoms with Gasteiger partial charge in [-0.2, -0.15) is 4.98 Å². The van der Waals surface area contributed by atoms with Crippen molar-refractivity contribution < 1.29 is 26.7 Å². The summed E-state index contributed by atoms with van der Waals surface area (Å²) in [5, 5.41) is 2.83. The average molecular weight is 452 g/mol. The van der Waals surface area contributed by atoms with Gasteiger partial charge in [0.1, 0.15) is 13.2 Å². The molecule has 0 fully saturated rings. The van der Waals surface area contributed by atoms with Crippen molar-refractivity contribution in [2.75, 3.05) is 18.5 Å². The number of fused-ring (bicyclic) bond motifs is 1. The molecule has 0 bridgehead atoms. The number of hydrogen-bond acceptors (Lipinski definition) is 8. The second-order valence-corrected chi connectivity index (χ2v) is 9.14. The zero-order chi connectivity index (χ0) is 22.1. The van der Waals surface area contributed by atoms with E-state index in [0.717, 1.165) is 11.1 Å². The number of benzene rings is 2. The maximum absolute atomic E-state index is 13.5. The molecule has 2 aromatic carbocycles. The molecule has 164 valence electrons. The molecule has 0 unspecified atom stereocenters. The summed E-state index contributed by atoms with van der Waals surface area (Å²) in [5.74, 6) is 1.31. The van der Waals surface area contributed by atoms with E-state index in [0.29, 0.717) is 37.0 Å². The van der Waals surface area contributed by atoms with E-state index in [4.69, 9.17) is 18.3 Å². The van der Waals surface area contributed by atoms with Crippen molar-refractivity contribution >= 4 is 15.7 Å². The first-order chi connectivity index (χ1) is 15.5. The molecule has 3 heterocycles. The van der Waals surface area contributed by atoms with Crippen LogP contribution < -0.4 is 14.8 Å². The summed E-state index contributed by atoms with van der Waals surface area (Å²) in [7, 11) is -4.03. The molecule has 8 nitrogen and oxygen atoms in total. The monoisotopic (exact) mass is 452 g/mol. The van der Waals surface area contributed by atoms with Crippen molar-refractivity contribution in [2.24, 2.45) is 0 Å². The van der Waals surface area contributed by atoms with E-state index in [1.807, 2.05) is 31.2 Å². The second-order valence-electron chi connectivity index (χ2n) is 7.28. The highest BCUT2D eigenvalue weighted by Gasteiger charge is 2.30. The van der Waals surface area contributed by atoms with Crippen molar-refractivity contribution in [2.45, 2.75) is 23.4 Å². The Balaban J connectivity index is 1.53. The van der Waals surface area contributed by atoms with Crippen LogP contribution in [0.2, 0.25) is 0 Å². The fraction of sp³-hybridized carbons (Fsp3) is 0.174. The summed E-state index contributed by atoms with van der Waals surface area (Å²) in [5.41, 5.74) is 2.10. The molecule has 1 N–H and O–H groups in total. The van der Waals surface area contributed by atoms with Crippen LogP contribution in [0.15, 0.2) is 79.6 Å². The normalized spacial score (nSPS) is 13.2. The quantitative estimate of drug-likeness (QED) is 0.457. The molecular formula is C23H20N2O6S. The minimum atomic E-state index is -4.03. The van der Waals surface area contributed by atoms with Gasteiger partial charge in [0.2, 0.25) is 20.7 Å². The van der Waals surface area contributed by atoms with E-state index < -0.39 is 9.84 Å². The van der Waals surface area contributed by atoms with Gasteiger partial charge < -0.3 is 23.6 Å². The van der Waals surface area contributed by atoms with Gasteiger partial charge >= 0.3 is 0 Å². The number of aryl methyl sites for hydroxylation is 1. The van der Waals surface area contributed by atoms with Crippen LogP contribution in [0.25, 0.3) is 11.7 Å². The summed E-state index contributed by atoms with van der Waals surface area (Å²) in [6.45, 7) is 3.13. The Bertz CT molecular complexity index is 1340. The van der Waals surface area contributed by atoms with E-state index in [2.05, 4.69) is 10.3 Å². The topological polar surface area (TPSA) is 104 Å². The van der Waals surface area contributed by atoms with Crippen LogP contribution in [0, 0.1) is 6.92 Å².